The van der Waals surface area contributed by atoms with Crippen molar-refractivity contribution in [3.05, 3.63) is 58.9 Å². The number of carbonyl (C=O) groups excluding carboxylic acids is 1. The predicted octanol–water partition coefficient (Wildman–Crippen LogP) is 2.70. The molecule has 1 fully saturated rings. The van der Waals surface area contributed by atoms with Crippen molar-refractivity contribution in [1.82, 2.24) is 9.21 Å². The molecule has 1 amide bonds. The molecule has 1 heterocycles. The molecule has 2 aromatic carbocycles. The molecule has 0 radical (unpaired) electrons. The van der Waals surface area contributed by atoms with Crippen LogP contribution in [-0.4, -0.2) is 56.3 Å². The van der Waals surface area contributed by atoms with Gasteiger partial charge in [-0.05, 0) is 55.7 Å². The van der Waals surface area contributed by atoms with Crippen molar-refractivity contribution in [2.75, 3.05) is 38.0 Å². The van der Waals surface area contributed by atoms with Gasteiger partial charge >= 0.3 is 0 Å². The zero-order valence-electron chi connectivity index (χ0n) is 16.9. The standard InChI is InChI=1S/C21H26FN3O3S/c1-15-5-7-19(18(22)12-15)23-21(26)14-24-8-10-25(11-9-24)29(27,28)20-13-16(2)4-6-17(20)3/h4-7,12-13H,8-11,14H2,1-3H3,(H,23,26). The Morgan fingerprint density at radius 2 is 1.62 bits per heavy atom. The van der Waals surface area contributed by atoms with Gasteiger partial charge in [0.05, 0.1) is 17.1 Å². The third-order valence-corrected chi connectivity index (χ3v) is 7.10. The lowest BCUT2D eigenvalue weighted by Crippen LogP contribution is -2.50. The van der Waals surface area contributed by atoms with Crippen molar-refractivity contribution in [2.45, 2.75) is 25.7 Å². The molecule has 1 aliphatic heterocycles. The van der Waals surface area contributed by atoms with Gasteiger partial charge in [0.2, 0.25) is 15.9 Å². The van der Waals surface area contributed by atoms with E-state index in [2.05, 4.69) is 5.32 Å². The molecule has 6 nitrogen and oxygen atoms in total. The molecule has 2 aromatic rings. The van der Waals surface area contributed by atoms with Gasteiger partial charge < -0.3 is 5.32 Å². The number of hydrogen-bond acceptors (Lipinski definition) is 4. The molecule has 1 aliphatic rings. The van der Waals surface area contributed by atoms with Crippen LogP contribution in [0.15, 0.2) is 41.3 Å². The Balaban J connectivity index is 1.58. The molecule has 0 bridgehead atoms. The van der Waals surface area contributed by atoms with Crippen molar-refractivity contribution in [2.24, 2.45) is 0 Å². The number of nitrogens with one attached hydrogen (secondary N) is 1. The number of carbonyl (C=O) groups is 1. The van der Waals surface area contributed by atoms with Crippen LogP contribution in [0.5, 0.6) is 0 Å². The first-order chi connectivity index (χ1) is 13.7. The maximum Gasteiger partial charge on any atom is 0.243 e. The van der Waals surface area contributed by atoms with Crippen LogP contribution in [-0.2, 0) is 14.8 Å². The van der Waals surface area contributed by atoms with Gasteiger partial charge in [0, 0.05) is 26.2 Å². The Bertz CT molecular complexity index is 1020. The van der Waals surface area contributed by atoms with E-state index in [-0.39, 0.29) is 18.1 Å². The minimum Gasteiger partial charge on any atom is -0.322 e. The highest BCUT2D eigenvalue weighted by Crippen LogP contribution is 2.22. The summed E-state index contributed by atoms with van der Waals surface area (Å²) in [7, 11) is -3.57. The third-order valence-electron chi connectivity index (χ3n) is 5.06. The van der Waals surface area contributed by atoms with E-state index in [1.807, 2.05) is 24.0 Å². The van der Waals surface area contributed by atoms with Crippen LogP contribution >= 0.6 is 0 Å². The normalized spacial score (nSPS) is 16.0. The van der Waals surface area contributed by atoms with Gasteiger partial charge in [0.25, 0.3) is 0 Å². The van der Waals surface area contributed by atoms with Crippen molar-refractivity contribution in [3.8, 4) is 0 Å². The molecular formula is C21H26FN3O3S. The van der Waals surface area contributed by atoms with Gasteiger partial charge in [-0.3, -0.25) is 9.69 Å². The Hall–Kier alpha value is -2.29. The van der Waals surface area contributed by atoms with Gasteiger partial charge in [-0.1, -0.05) is 18.2 Å². The molecule has 1 saturated heterocycles. The second-order valence-electron chi connectivity index (χ2n) is 7.48. The Morgan fingerprint density at radius 1 is 1.00 bits per heavy atom. The molecule has 29 heavy (non-hydrogen) atoms. The predicted molar refractivity (Wildman–Crippen MR) is 111 cm³/mol. The maximum atomic E-state index is 13.9. The van der Waals surface area contributed by atoms with E-state index in [1.54, 1.807) is 26.0 Å². The van der Waals surface area contributed by atoms with Crippen LogP contribution in [0.25, 0.3) is 0 Å². The smallest absolute Gasteiger partial charge is 0.243 e. The van der Waals surface area contributed by atoms with Crippen molar-refractivity contribution < 1.29 is 17.6 Å². The summed E-state index contributed by atoms with van der Waals surface area (Å²) in [5, 5.41) is 2.58. The number of sulfonamides is 1. The molecule has 8 heteroatoms. The van der Waals surface area contributed by atoms with Crippen molar-refractivity contribution in [1.29, 1.82) is 0 Å². The van der Waals surface area contributed by atoms with E-state index >= 15 is 0 Å². The van der Waals surface area contributed by atoms with E-state index in [4.69, 9.17) is 0 Å². The van der Waals surface area contributed by atoms with E-state index < -0.39 is 15.8 Å². The lowest BCUT2D eigenvalue weighted by Gasteiger charge is -2.33. The number of amides is 1. The van der Waals surface area contributed by atoms with Crippen LogP contribution in [0.2, 0.25) is 0 Å². The van der Waals surface area contributed by atoms with Crippen LogP contribution < -0.4 is 5.32 Å². The molecule has 156 valence electrons. The fourth-order valence-corrected chi connectivity index (χ4v) is 5.10. The Kier molecular flexibility index (Phi) is 6.36. The number of halogens is 1. The van der Waals surface area contributed by atoms with Gasteiger partial charge in [0.15, 0.2) is 0 Å². The average molecular weight is 420 g/mol. The highest BCUT2D eigenvalue weighted by atomic mass is 32.2. The number of piperazine rings is 1. The fraction of sp³-hybridized carbons (Fsp3) is 0.381. The molecule has 0 aromatic heterocycles. The van der Waals surface area contributed by atoms with Crippen LogP contribution in [0.3, 0.4) is 0 Å². The second kappa shape index (κ2) is 8.61. The van der Waals surface area contributed by atoms with Crippen LogP contribution in [0.4, 0.5) is 10.1 Å². The molecule has 0 unspecified atom stereocenters. The quantitative estimate of drug-likeness (QED) is 0.809. The van der Waals surface area contributed by atoms with Gasteiger partial charge in [-0.25, -0.2) is 12.8 Å². The van der Waals surface area contributed by atoms with Crippen molar-refractivity contribution >= 4 is 21.6 Å². The number of aryl methyl sites for hydroxylation is 3. The first-order valence-electron chi connectivity index (χ1n) is 9.52. The van der Waals surface area contributed by atoms with E-state index in [0.717, 1.165) is 16.7 Å². The number of hydrogen-bond donors (Lipinski definition) is 1. The topological polar surface area (TPSA) is 69.7 Å². The van der Waals surface area contributed by atoms with E-state index in [1.165, 1.54) is 16.4 Å². The molecule has 0 aliphatic carbocycles. The second-order valence-corrected chi connectivity index (χ2v) is 9.39. The van der Waals surface area contributed by atoms with Gasteiger partial charge in [-0.2, -0.15) is 4.31 Å². The summed E-state index contributed by atoms with van der Waals surface area (Å²) >= 11 is 0. The number of rotatable bonds is 5. The molecule has 0 saturated carbocycles. The highest BCUT2D eigenvalue weighted by molar-refractivity contribution is 7.89. The monoisotopic (exact) mass is 419 g/mol. The van der Waals surface area contributed by atoms with E-state index in [0.29, 0.717) is 31.1 Å². The lowest BCUT2D eigenvalue weighted by atomic mass is 10.2. The summed E-state index contributed by atoms with van der Waals surface area (Å²) in [6, 6.07) is 10.0. The van der Waals surface area contributed by atoms with Crippen LogP contribution in [0.1, 0.15) is 16.7 Å². The molecule has 0 atom stereocenters. The minimum absolute atomic E-state index is 0.0880. The van der Waals surface area contributed by atoms with Crippen LogP contribution in [0, 0.1) is 26.6 Å². The summed E-state index contributed by atoms with van der Waals surface area (Å²) in [4.78, 5) is 14.5. The van der Waals surface area contributed by atoms with Crippen molar-refractivity contribution in [3.63, 3.8) is 0 Å². The molecule has 0 spiro atoms. The zero-order chi connectivity index (χ0) is 21.2. The van der Waals surface area contributed by atoms with Gasteiger partial charge in [-0.15, -0.1) is 0 Å². The molecule has 3 rings (SSSR count). The largest absolute Gasteiger partial charge is 0.322 e. The number of benzene rings is 2. The summed E-state index contributed by atoms with van der Waals surface area (Å²) in [5.41, 5.74) is 2.55. The number of anilines is 1. The fourth-order valence-electron chi connectivity index (χ4n) is 3.37. The Morgan fingerprint density at radius 3 is 2.28 bits per heavy atom. The third kappa shape index (κ3) is 5.01. The highest BCUT2D eigenvalue weighted by Gasteiger charge is 2.30. The lowest BCUT2D eigenvalue weighted by molar-refractivity contribution is -0.117. The van der Waals surface area contributed by atoms with Gasteiger partial charge in [0.1, 0.15) is 5.82 Å². The summed E-state index contributed by atoms with van der Waals surface area (Å²) in [5.74, 6) is -0.790. The summed E-state index contributed by atoms with van der Waals surface area (Å²) in [6.07, 6.45) is 0. The molecular weight excluding hydrogens is 393 g/mol. The average Bonchev–Trinajstić information content (AvgIpc) is 2.66. The maximum absolute atomic E-state index is 13.9. The first-order valence-corrected chi connectivity index (χ1v) is 11.0. The molecule has 1 N–H and O–H groups in total. The first kappa shape index (κ1) is 21.4. The SMILES string of the molecule is Cc1ccc(NC(=O)CN2CCN(S(=O)(=O)c3cc(C)ccc3C)CC2)c(F)c1. The summed E-state index contributed by atoms with van der Waals surface area (Å²) in [6.45, 7) is 7.01. The number of nitrogens with zero attached hydrogens (tertiary/aromatic N) is 2. The Labute approximate surface area is 171 Å². The minimum atomic E-state index is -3.57. The summed E-state index contributed by atoms with van der Waals surface area (Å²) < 4.78 is 41.3. The zero-order valence-corrected chi connectivity index (χ0v) is 17.7. The van der Waals surface area contributed by atoms with E-state index in [9.17, 15) is 17.6 Å².